The largest absolute Gasteiger partial charge is 0.308 e. The lowest BCUT2D eigenvalue weighted by atomic mass is 10.0. The summed E-state index contributed by atoms with van der Waals surface area (Å²) in [7, 11) is 0. The van der Waals surface area contributed by atoms with E-state index in [1.807, 2.05) is 13.8 Å². The fourth-order valence-corrected chi connectivity index (χ4v) is 10.1. The van der Waals surface area contributed by atoms with E-state index in [1.165, 1.54) is 115 Å². The van der Waals surface area contributed by atoms with E-state index in [-0.39, 0.29) is 0 Å². The summed E-state index contributed by atoms with van der Waals surface area (Å²) in [6.45, 7) is 4.00. The number of nitrogens with zero attached hydrogens (tertiary/aromatic N) is 3. The first kappa shape index (κ1) is 33.5. The molecule has 0 atom stereocenters. The maximum absolute atomic E-state index is 2.57. The predicted octanol–water partition coefficient (Wildman–Crippen LogP) is 15.5. The molecule has 0 spiro atoms. The summed E-state index contributed by atoms with van der Waals surface area (Å²) >= 11 is 0. The Kier molecular flexibility index (Phi) is 7.36. The van der Waals surface area contributed by atoms with Crippen molar-refractivity contribution in [3.8, 4) is 17.1 Å². The van der Waals surface area contributed by atoms with Gasteiger partial charge in [-0.2, -0.15) is 0 Å². The second-order valence-corrected chi connectivity index (χ2v) is 15.2. The summed E-state index contributed by atoms with van der Waals surface area (Å²) in [4.78, 5) is 0. The van der Waals surface area contributed by atoms with Gasteiger partial charge in [0.1, 0.15) is 0 Å². The quantitative estimate of drug-likeness (QED) is 0.171. The average Bonchev–Trinajstić information content (AvgIpc) is 3.95. The van der Waals surface area contributed by atoms with Gasteiger partial charge >= 0.3 is 0 Å². The molecule has 0 aliphatic heterocycles. The lowest BCUT2D eigenvalue weighted by Gasteiger charge is -2.16. The van der Waals surface area contributed by atoms with Crippen LogP contribution in [0.5, 0.6) is 0 Å². The first-order valence-corrected chi connectivity index (χ1v) is 20.7. The van der Waals surface area contributed by atoms with Crippen LogP contribution in [0.25, 0.3) is 115 Å². The Morgan fingerprint density at radius 1 is 0.237 bits per heavy atom. The Morgan fingerprint density at radius 3 is 0.780 bits per heavy atom. The van der Waals surface area contributed by atoms with E-state index >= 15 is 0 Å². The second-order valence-electron chi connectivity index (χ2n) is 15.2. The summed E-state index contributed by atoms with van der Waals surface area (Å²) in [5.41, 5.74) is 10.7. The Morgan fingerprint density at radius 2 is 0.475 bits per heavy atom. The van der Waals surface area contributed by atoms with Crippen molar-refractivity contribution >= 4 is 97.7 Å². The molecule has 3 aromatic heterocycles. The zero-order valence-electron chi connectivity index (χ0n) is 32.9. The van der Waals surface area contributed by atoms with Crippen molar-refractivity contribution in [3.05, 3.63) is 200 Å². The topological polar surface area (TPSA) is 14.8 Å². The molecule has 10 aromatic carbocycles. The summed E-state index contributed by atoms with van der Waals surface area (Å²) in [5.74, 6) is 0. The van der Waals surface area contributed by atoms with Crippen LogP contribution in [-0.4, -0.2) is 13.7 Å². The van der Waals surface area contributed by atoms with Gasteiger partial charge in [-0.1, -0.05) is 178 Å². The van der Waals surface area contributed by atoms with Crippen LogP contribution < -0.4 is 0 Å². The van der Waals surface area contributed by atoms with E-state index in [2.05, 4.69) is 214 Å². The highest BCUT2D eigenvalue weighted by atomic mass is 15.0. The van der Waals surface area contributed by atoms with Crippen molar-refractivity contribution < 1.29 is 0 Å². The lowest BCUT2D eigenvalue weighted by Crippen LogP contribution is -1.99. The van der Waals surface area contributed by atoms with Crippen molar-refractivity contribution in [3.63, 3.8) is 0 Å². The molecule has 3 nitrogen and oxygen atoms in total. The standard InChI is InChI=1S/C54H33N3.C2H6/c1-4-22-37-34(16-1)19-13-31-43(37)55-46-28-10-7-25-40(46)49-52(55)50-41-26-8-11-29-47(41)56(44-32-14-20-35-17-2-5-23-38(35)44)54(50)51-42-27-9-12-30-48(42)57(53(49)51)45-33-15-21-36-18-3-6-24-39(36)45;1-2/h1-33H;1-2H3. The van der Waals surface area contributed by atoms with Crippen molar-refractivity contribution in [1.82, 2.24) is 13.7 Å². The molecule has 0 radical (unpaired) electrons. The van der Waals surface area contributed by atoms with Crippen molar-refractivity contribution in [1.29, 1.82) is 0 Å². The highest BCUT2D eigenvalue weighted by Crippen LogP contribution is 2.51. The third-order valence-electron chi connectivity index (χ3n) is 12.4. The summed E-state index contributed by atoms with van der Waals surface area (Å²) in [6, 6.07) is 73.7. The fourth-order valence-electron chi connectivity index (χ4n) is 10.1. The molecular formula is C56H39N3. The number of hydrogen-bond donors (Lipinski definition) is 0. The first-order valence-electron chi connectivity index (χ1n) is 20.7. The van der Waals surface area contributed by atoms with Gasteiger partial charge in [-0.15, -0.1) is 0 Å². The summed E-state index contributed by atoms with van der Waals surface area (Å²) < 4.78 is 7.71. The molecule has 0 N–H and O–H groups in total. The molecular weight excluding hydrogens is 715 g/mol. The number of fused-ring (bicyclic) bond motifs is 15. The highest BCUT2D eigenvalue weighted by molar-refractivity contribution is 6.40. The van der Waals surface area contributed by atoms with Gasteiger partial charge in [0.15, 0.2) is 0 Å². The van der Waals surface area contributed by atoms with Crippen LogP contribution in [0.1, 0.15) is 13.8 Å². The number of para-hydroxylation sites is 3. The van der Waals surface area contributed by atoms with Gasteiger partial charge in [0, 0.05) is 48.5 Å². The van der Waals surface area contributed by atoms with Gasteiger partial charge < -0.3 is 13.7 Å². The Hall–Kier alpha value is -7.62. The molecule has 13 aromatic rings. The van der Waals surface area contributed by atoms with E-state index in [1.54, 1.807) is 0 Å². The first-order chi connectivity index (χ1) is 29.3. The normalized spacial score (nSPS) is 11.9. The zero-order chi connectivity index (χ0) is 39.2. The van der Waals surface area contributed by atoms with Gasteiger partial charge in [0.25, 0.3) is 0 Å². The maximum Gasteiger partial charge on any atom is 0.0663 e. The van der Waals surface area contributed by atoms with Gasteiger partial charge in [0.2, 0.25) is 0 Å². The SMILES string of the molecule is CC.c1ccc2c(-n3c4ccccc4c4c3c3c5ccccc5n(-c5cccc6ccccc56)c3c3c5ccccc5n(-c5cccc6ccccc56)c43)cccc2c1. The van der Waals surface area contributed by atoms with Gasteiger partial charge in [-0.05, 0) is 52.6 Å². The van der Waals surface area contributed by atoms with Crippen LogP contribution in [-0.2, 0) is 0 Å². The third kappa shape index (κ3) is 4.58. The highest BCUT2D eigenvalue weighted by Gasteiger charge is 2.29. The molecule has 0 bridgehead atoms. The van der Waals surface area contributed by atoms with Crippen LogP contribution in [0.4, 0.5) is 0 Å². The minimum absolute atomic E-state index is 1.18. The van der Waals surface area contributed by atoms with Crippen LogP contribution in [0.2, 0.25) is 0 Å². The second kappa shape index (κ2) is 13.0. The third-order valence-corrected chi connectivity index (χ3v) is 12.4. The average molecular weight is 754 g/mol. The molecule has 0 saturated heterocycles. The predicted molar refractivity (Wildman–Crippen MR) is 253 cm³/mol. The molecule has 0 saturated carbocycles. The molecule has 0 aliphatic carbocycles. The molecule has 13 rings (SSSR count). The molecule has 3 heteroatoms. The molecule has 0 unspecified atom stereocenters. The number of hydrogen-bond acceptors (Lipinski definition) is 0. The van der Waals surface area contributed by atoms with Crippen LogP contribution in [0.3, 0.4) is 0 Å². The van der Waals surface area contributed by atoms with Crippen LogP contribution in [0, 0.1) is 0 Å². The van der Waals surface area contributed by atoms with E-state index in [0.717, 1.165) is 0 Å². The number of rotatable bonds is 3. The van der Waals surface area contributed by atoms with Gasteiger partial charge in [0.05, 0.1) is 50.2 Å². The smallest absolute Gasteiger partial charge is 0.0663 e. The molecule has 59 heavy (non-hydrogen) atoms. The minimum Gasteiger partial charge on any atom is -0.308 e. The van der Waals surface area contributed by atoms with E-state index in [0.29, 0.717) is 0 Å². The van der Waals surface area contributed by atoms with Gasteiger partial charge in [-0.25, -0.2) is 0 Å². The number of aromatic nitrogens is 3. The van der Waals surface area contributed by atoms with Crippen LogP contribution >= 0.6 is 0 Å². The molecule has 0 aliphatic rings. The Bertz CT molecular complexity index is 3370. The Balaban J connectivity index is 0.00000186. The van der Waals surface area contributed by atoms with E-state index in [4.69, 9.17) is 0 Å². The summed E-state index contributed by atoms with van der Waals surface area (Å²) in [5, 5.41) is 14.8. The van der Waals surface area contributed by atoms with Crippen molar-refractivity contribution in [2.75, 3.05) is 0 Å². The maximum atomic E-state index is 2.57. The molecule has 0 amide bonds. The molecule has 3 heterocycles. The van der Waals surface area contributed by atoms with Crippen molar-refractivity contribution in [2.45, 2.75) is 13.8 Å². The minimum atomic E-state index is 1.18. The fraction of sp³-hybridized carbons (Fsp3) is 0.0357. The number of benzene rings is 10. The zero-order valence-corrected chi connectivity index (χ0v) is 32.9. The monoisotopic (exact) mass is 753 g/mol. The molecule has 278 valence electrons. The van der Waals surface area contributed by atoms with E-state index < -0.39 is 0 Å². The molecule has 0 fully saturated rings. The lowest BCUT2D eigenvalue weighted by molar-refractivity contribution is 1.19. The van der Waals surface area contributed by atoms with Crippen LogP contribution in [0.15, 0.2) is 200 Å². The summed E-state index contributed by atoms with van der Waals surface area (Å²) in [6.07, 6.45) is 0. The Labute approximate surface area is 341 Å². The van der Waals surface area contributed by atoms with E-state index in [9.17, 15) is 0 Å². The van der Waals surface area contributed by atoms with Crippen molar-refractivity contribution in [2.24, 2.45) is 0 Å². The van der Waals surface area contributed by atoms with Gasteiger partial charge in [-0.3, -0.25) is 0 Å².